The van der Waals surface area contributed by atoms with Gasteiger partial charge in [-0.1, -0.05) is 28.1 Å². The molecule has 0 aliphatic carbocycles. The lowest BCUT2D eigenvalue weighted by Crippen LogP contribution is -2.30. The maximum Gasteiger partial charge on any atom is 0.335 e. The number of aromatic nitrogens is 2. The van der Waals surface area contributed by atoms with Crippen molar-refractivity contribution in [2.24, 2.45) is 5.10 Å². The molecule has 8 nitrogen and oxygen atoms in total. The van der Waals surface area contributed by atoms with E-state index in [1.165, 1.54) is 11.1 Å². The Morgan fingerprint density at radius 2 is 1.81 bits per heavy atom. The van der Waals surface area contributed by atoms with Crippen LogP contribution in [0.5, 0.6) is 5.88 Å². The summed E-state index contributed by atoms with van der Waals surface area (Å²) in [6.45, 7) is 5.34. The molecule has 0 fully saturated rings. The van der Waals surface area contributed by atoms with Crippen molar-refractivity contribution in [1.29, 1.82) is 0 Å². The SMILES string of the molecule is CC1=NN(c2ccc(Br)cc2C)C(=O)/C1=C\c1c(O)n(-c2cccc(C)c2)c(=O)[nH]c1=O. The number of H-pyrrole nitrogens is 1. The van der Waals surface area contributed by atoms with Crippen LogP contribution in [0.1, 0.15) is 23.6 Å². The number of aromatic amines is 1. The van der Waals surface area contributed by atoms with E-state index in [0.717, 1.165) is 20.2 Å². The van der Waals surface area contributed by atoms with Crippen molar-refractivity contribution in [3.8, 4) is 11.6 Å². The second kappa shape index (κ2) is 8.08. The van der Waals surface area contributed by atoms with Crippen LogP contribution in [0, 0.1) is 13.8 Å². The van der Waals surface area contributed by atoms with E-state index >= 15 is 0 Å². The van der Waals surface area contributed by atoms with Gasteiger partial charge in [0.25, 0.3) is 11.5 Å². The number of halogens is 1. The summed E-state index contributed by atoms with van der Waals surface area (Å²) < 4.78 is 1.86. The molecule has 0 bridgehead atoms. The monoisotopic (exact) mass is 494 g/mol. The number of amides is 1. The molecule has 2 aromatic carbocycles. The van der Waals surface area contributed by atoms with Gasteiger partial charge in [-0.15, -0.1) is 0 Å². The van der Waals surface area contributed by atoms with E-state index < -0.39 is 23.0 Å². The van der Waals surface area contributed by atoms with Crippen LogP contribution in [0.3, 0.4) is 0 Å². The largest absolute Gasteiger partial charge is 0.494 e. The Labute approximate surface area is 191 Å². The van der Waals surface area contributed by atoms with Crippen molar-refractivity contribution in [2.75, 3.05) is 5.01 Å². The lowest BCUT2D eigenvalue weighted by molar-refractivity contribution is -0.114. The molecule has 2 N–H and O–H groups in total. The van der Waals surface area contributed by atoms with Gasteiger partial charge in [-0.25, -0.2) is 9.36 Å². The first-order valence-electron chi connectivity index (χ1n) is 9.70. The van der Waals surface area contributed by atoms with Gasteiger partial charge in [0, 0.05) is 4.47 Å². The Morgan fingerprint density at radius 3 is 2.50 bits per heavy atom. The molecule has 0 spiro atoms. The molecular weight excluding hydrogens is 476 g/mol. The second-order valence-electron chi connectivity index (χ2n) is 7.46. The van der Waals surface area contributed by atoms with Gasteiger partial charge in [-0.3, -0.25) is 14.6 Å². The number of nitrogens with one attached hydrogen (secondary N) is 1. The first-order chi connectivity index (χ1) is 15.2. The molecule has 3 aromatic rings. The third kappa shape index (κ3) is 3.71. The molecule has 1 aliphatic rings. The zero-order chi connectivity index (χ0) is 23.2. The number of aromatic hydroxyl groups is 1. The Bertz CT molecular complexity index is 1450. The Morgan fingerprint density at radius 1 is 1.06 bits per heavy atom. The molecule has 1 aliphatic heterocycles. The number of carbonyl (C=O) groups is 1. The van der Waals surface area contributed by atoms with Crippen molar-refractivity contribution in [2.45, 2.75) is 20.8 Å². The van der Waals surface area contributed by atoms with E-state index in [2.05, 4.69) is 26.0 Å². The summed E-state index contributed by atoms with van der Waals surface area (Å²) in [5.74, 6) is -1.00. The molecule has 32 heavy (non-hydrogen) atoms. The zero-order valence-corrected chi connectivity index (χ0v) is 19.1. The van der Waals surface area contributed by atoms with Gasteiger partial charge >= 0.3 is 5.69 Å². The number of hydrazone groups is 1. The minimum absolute atomic E-state index is 0.141. The van der Waals surface area contributed by atoms with E-state index in [4.69, 9.17) is 0 Å². The van der Waals surface area contributed by atoms with Crippen LogP contribution in [0.2, 0.25) is 0 Å². The molecule has 162 valence electrons. The minimum Gasteiger partial charge on any atom is -0.494 e. The molecule has 1 aromatic heterocycles. The summed E-state index contributed by atoms with van der Waals surface area (Å²) in [4.78, 5) is 40.3. The van der Waals surface area contributed by atoms with Crippen molar-refractivity contribution in [3.63, 3.8) is 0 Å². The summed E-state index contributed by atoms with van der Waals surface area (Å²) in [5.41, 5.74) is 1.42. The van der Waals surface area contributed by atoms with Crippen molar-refractivity contribution in [3.05, 3.63) is 90.0 Å². The standard InChI is InChI=1S/C23H19BrN4O4/c1-12-5-4-6-16(9-12)27-21(30)18(20(29)25-23(27)32)11-17-14(3)26-28(22(17)31)19-8-7-15(24)10-13(19)2/h4-11,30H,1-3H3,(H,25,29,32)/b17-11-. The number of carbonyl (C=O) groups excluding carboxylic acids is 1. The van der Waals surface area contributed by atoms with Gasteiger partial charge in [0.05, 0.1) is 22.7 Å². The average Bonchev–Trinajstić information content (AvgIpc) is 2.98. The fourth-order valence-corrected chi connectivity index (χ4v) is 4.00. The molecular formula is C23H19BrN4O4. The highest BCUT2D eigenvalue weighted by Crippen LogP contribution is 2.30. The van der Waals surface area contributed by atoms with Gasteiger partial charge in [0.15, 0.2) is 0 Å². The van der Waals surface area contributed by atoms with Crippen LogP contribution in [-0.2, 0) is 4.79 Å². The molecule has 1 amide bonds. The van der Waals surface area contributed by atoms with E-state index in [1.54, 1.807) is 37.3 Å². The highest BCUT2D eigenvalue weighted by atomic mass is 79.9. The normalized spacial score (nSPS) is 14.9. The third-order valence-electron chi connectivity index (χ3n) is 5.12. The summed E-state index contributed by atoms with van der Waals surface area (Å²) in [7, 11) is 0. The highest BCUT2D eigenvalue weighted by Gasteiger charge is 2.30. The smallest absolute Gasteiger partial charge is 0.335 e. The van der Waals surface area contributed by atoms with E-state index in [9.17, 15) is 19.5 Å². The van der Waals surface area contributed by atoms with Crippen molar-refractivity contribution >= 4 is 39.3 Å². The van der Waals surface area contributed by atoms with E-state index in [-0.39, 0.29) is 11.1 Å². The summed E-state index contributed by atoms with van der Waals surface area (Å²) in [5, 5.41) is 16.4. The van der Waals surface area contributed by atoms with Crippen LogP contribution in [0.4, 0.5) is 5.69 Å². The van der Waals surface area contributed by atoms with Gasteiger partial charge in [-0.2, -0.15) is 10.1 Å². The van der Waals surface area contributed by atoms with E-state index in [0.29, 0.717) is 17.1 Å². The van der Waals surface area contributed by atoms with Gasteiger partial charge in [-0.05, 0) is 68.3 Å². The lowest BCUT2D eigenvalue weighted by Gasteiger charge is -2.15. The molecule has 0 unspecified atom stereocenters. The fourth-order valence-electron chi connectivity index (χ4n) is 3.52. The second-order valence-corrected chi connectivity index (χ2v) is 8.38. The summed E-state index contributed by atoms with van der Waals surface area (Å²) in [6.07, 6.45) is 1.26. The van der Waals surface area contributed by atoms with Crippen LogP contribution in [0.15, 0.2) is 67.2 Å². The van der Waals surface area contributed by atoms with Crippen LogP contribution in [-0.4, -0.2) is 26.3 Å². The first-order valence-corrected chi connectivity index (χ1v) is 10.5. The number of aryl methyl sites for hydroxylation is 2. The van der Waals surface area contributed by atoms with Crippen LogP contribution >= 0.6 is 15.9 Å². The summed E-state index contributed by atoms with van der Waals surface area (Å²) >= 11 is 3.40. The minimum atomic E-state index is -0.803. The molecule has 2 heterocycles. The Hall–Kier alpha value is -3.72. The van der Waals surface area contributed by atoms with E-state index in [1.807, 2.05) is 26.0 Å². The van der Waals surface area contributed by atoms with Crippen LogP contribution in [0.25, 0.3) is 11.8 Å². The number of hydrogen-bond acceptors (Lipinski definition) is 5. The zero-order valence-electron chi connectivity index (χ0n) is 17.5. The fraction of sp³-hybridized carbons (Fsp3) is 0.130. The van der Waals surface area contributed by atoms with Crippen LogP contribution < -0.4 is 16.3 Å². The first kappa shape index (κ1) is 21.5. The topological polar surface area (TPSA) is 108 Å². The molecule has 0 atom stereocenters. The third-order valence-corrected chi connectivity index (χ3v) is 5.61. The number of rotatable bonds is 3. The Balaban J connectivity index is 1.83. The predicted molar refractivity (Wildman–Crippen MR) is 127 cm³/mol. The average molecular weight is 495 g/mol. The molecule has 0 radical (unpaired) electrons. The predicted octanol–water partition coefficient (Wildman–Crippen LogP) is 3.42. The molecule has 9 heteroatoms. The molecule has 0 saturated heterocycles. The molecule has 0 saturated carbocycles. The number of anilines is 1. The number of benzene rings is 2. The number of hydrogen-bond donors (Lipinski definition) is 2. The van der Waals surface area contributed by atoms with Gasteiger partial charge < -0.3 is 5.11 Å². The van der Waals surface area contributed by atoms with Gasteiger partial charge in [0.2, 0.25) is 5.88 Å². The highest BCUT2D eigenvalue weighted by molar-refractivity contribution is 9.10. The molecule has 4 rings (SSSR count). The maximum absolute atomic E-state index is 13.1. The van der Waals surface area contributed by atoms with Gasteiger partial charge in [0.1, 0.15) is 5.56 Å². The Kier molecular flexibility index (Phi) is 5.43. The number of nitrogens with zero attached hydrogens (tertiary/aromatic N) is 3. The maximum atomic E-state index is 13.1. The van der Waals surface area contributed by atoms with Crippen molar-refractivity contribution in [1.82, 2.24) is 9.55 Å². The quantitative estimate of drug-likeness (QED) is 0.543. The van der Waals surface area contributed by atoms with Crippen molar-refractivity contribution < 1.29 is 9.90 Å². The lowest BCUT2D eigenvalue weighted by atomic mass is 10.1. The summed E-state index contributed by atoms with van der Waals surface area (Å²) in [6, 6.07) is 12.3.